The zero-order valence-electron chi connectivity index (χ0n) is 59.1. The van der Waals surface area contributed by atoms with E-state index in [2.05, 4.69) is 72.2 Å². The summed E-state index contributed by atoms with van der Waals surface area (Å²) in [5, 5.41) is 15.0. The Hall–Kier alpha value is -7.49. The van der Waals surface area contributed by atoms with Crippen LogP contribution in [-0.4, -0.2) is 233 Å². The summed E-state index contributed by atoms with van der Waals surface area (Å²) in [6.07, 6.45) is 5.07. The molecule has 0 saturated carbocycles. The van der Waals surface area contributed by atoms with Gasteiger partial charge in [0.15, 0.2) is 0 Å². The molecule has 31 heteroatoms. The number of rotatable bonds is 37. The molecular formula is C74H93ClF3N11O13S3. The number of ether oxygens (including phenoxy) is 3. The molecule has 1 unspecified atom stereocenters. The number of amides is 6. The van der Waals surface area contributed by atoms with Crippen molar-refractivity contribution in [1.29, 1.82) is 0 Å². The number of carbonyl (C=O) groups is 6. The zero-order valence-corrected chi connectivity index (χ0v) is 62.3. The second kappa shape index (κ2) is 37.4. The van der Waals surface area contributed by atoms with E-state index >= 15 is 0 Å². The van der Waals surface area contributed by atoms with Crippen LogP contribution in [0.1, 0.15) is 102 Å². The molecule has 6 amide bonds. The number of hydrogen-bond acceptors (Lipinski definition) is 21. The van der Waals surface area contributed by atoms with Crippen molar-refractivity contribution in [2.75, 3.05) is 159 Å². The van der Waals surface area contributed by atoms with Crippen molar-refractivity contribution >= 4 is 101 Å². The number of halogens is 4. The molecule has 0 aromatic heterocycles. The van der Waals surface area contributed by atoms with E-state index in [1.165, 1.54) is 46.7 Å². The Morgan fingerprint density at radius 2 is 1.38 bits per heavy atom. The highest BCUT2D eigenvalue weighted by atomic mass is 35.5. The van der Waals surface area contributed by atoms with Crippen LogP contribution in [-0.2, 0) is 48.5 Å². The average Bonchev–Trinajstić information content (AvgIpc) is 1.73. The number of nitrogens with one attached hydrogen (secondary N) is 6. The van der Waals surface area contributed by atoms with Crippen molar-refractivity contribution in [3.8, 4) is 0 Å². The molecule has 24 nitrogen and oxygen atoms in total. The highest BCUT2D eigenvalue weighted by molar-refractivity contribution is 7.99. The van der Waals surface area contributed by atoms with Gasteiger partial charge in [-0.3, -0.25) is 48.8 Å². The molecule has 10 rings (SSSR count). The molecule has 3 fully saturated rings. The number of benzene rings is 5. The van der Waals surface area contributed by atoms with Crippen molar-refractivity contribution in [2.45, 2.75) is 97.5 Å². The number of anilines is 3. The number of fused-ring (bicyclic) bond motifs is 1. The number of nitrogens with zero attached hydrogens (tertiary/aromatic N) is 5. The maximum absolute atomic E-state index is 14.5. The Morgan fingerprint density at radius 3 is 2.08 bits per heavy atom. The number of sulfonamides is 1. The molecule has 4 heterocycles. The number of piperazine rings is 2. The van der Waals surface area contributed by atoms with Crippen molar-refractivity contribution in [2.24, 2.45) is 5.41 Å². The fraction of sp³-hybridized carbons (Fsp3) is 0.486. The second-order valence-electron chi connectivity index (χ2n) is 27.4. The minimum Gasteiger partial charge on any atom is -0.380 e. The lowest BCUT2D eigenvalue weighted by atomic mass is 9.73. The number of thioether (sulfide) groups is 1. The topological polar surface area (TPSA) is 287 Å². The first-order valence-electron chi connectivity index (χ1n) is 35.6. The molecule has 105 heavy (non-hydrogen) atoms. The monoisotopic (exact) mass is 1530 g/mol. The van der Waals surface area contributed by atoms with Gasteiger partial charge in [-0.25, -0.2) is 21.6 Å². The molecule has 3 saturated heterocycles. The van der Waals surface area contributed by atoms with Crippen LogP contribution in [0.15, 0.2) is 136 Å². The smallest absolute Gasteiger partial charge is 0.380 e. The van der Waals surface area contributed by atoms with Crippen LogP contribution in [0.4, 0.5) is 30.2 Å². The van der Waals surface area contributed by atoms with Gasteiger partial charge in [-0.05, 0) is 147 Å². The predicted molar refractivity (Wildman–Crippen MR) is 397 cm³/mol. The third-order valence-corrected chi connectivity index (χ3v) is 23.6. The lowest BCUT2D eigenvalue weighted by Gasteiger charge is -2.39. The highest BCUT2D eigenvalue weighted by Crippen LogP contribution is 2.43. The largest absolute Gasteiger partial charge is 0.501 e. The Bertz CT molecular complexity index is 4110. The van der Waals surface area contributed by atoms with Crippen molar-refractivity contribution in [1.82, 2.24) is 40.3 Å². The summed E-state index contributed by atoms with van der Waals surface area (Å²) in [7, 11) is -11.0. The Labute approximate surface area is 621 Å². The number of unbranched alkanes of at least 4 members (excludes halogenated alkanes) is 1. The zero-order chi connectivity index (χ0) is 74.7. The van der Waals surface area contributed by atoms with Crippen molar-refractivity contribution < 1.29 is 73.0 Å². The normalized spacial score (nSPS) is 18.1. The lowest BCUT2D eigenvalue weighted by Crippen LogP contribution is -2.54. The van der Waals surface area contributed by atoms with Gasteiger partial charge in [0.05, 0.1) is 67.9 Å². The number of carbonyl (C=O) groups excluding carboxylic acids is 6. The summed E-state index contributed by atoms with van der Waals surface area (Å²) in [5.41, 5.74) is -0.707. The van der Waals surface area contributed by atoms with Crippen LogP contribution in [0.3, 0.4) is 0 Å². The molecule has 2 atom stereocenters. The third kappa shape index (κ3) is 22.3. The maximum Gasteiger partial charge on any atom is 0.501 e. The predicted octanol–water partition coefficient (Wildman–Crippen LogP) is 8.17. The molecule has 5 aliphatic rings. The van der Waals surface area contributed by atoms with Gasteiger partial charge in [0.1, 0.15) is 10.9 Å². The maximum atomic E-state index is 14.5. The SMILES string of the molecule is CC1(C)CCC(c2ccc(Cl)cc2)=C(CN2CCN(c3ccc(C(=O)NS(=O)(=O)c4ccc(N[C@H](CCN5CCN(CCOCCOCCOCCNCCCCNC(=O)CNc6cccc7c6C(=O)N(C6CCC(=O)NC6=O)C7=O)CC5)CSc5ccccc5)c(S(=O)(=O)C(F)(F)F)c4)cc3)CC2)C1. The van der Waals surface area contributed by atoms with Gasteiger partial charge in [0.25, 0.3) is 37.6 Å². The van der Waals surface area contributed by atoms with E-state index in [1.54, 1.807) is 24.3 Å². The van der Waals surface area contributed by atoms with Gasteiger partial charge < -0.3 is 45.3 Å². The van der Waals surface area contributed by atoms with Gasteiger partial charge in [0.2, 0.25) is 17.7 Å². The third-order valence-electron chi connectivity index (χ3n) is 19.3. The Balaban J connectivity index is 0.598. The summed E-state index contributed by atoms with van der Waals surface area (Å²) in [6, 6.07) is 29.2. The van der Waals surface area contributed by atoms with Crippen molar-refractivity contribution in [3.05, 3.63) is 148 Å². The fourth-order valence-corrected chi connectivity index (χ4v) is 16.6. The first-order valence-corrected chi connectivity index (χ1v) is 39.9. The van der Waals surface area contributed by atoms with E-state index in [0.717, 1.165) is 99.0 Å². The lowest BCUT2D eigenvalue weighted by molar-refractivity contribution is -0.136. The number of sulfone groups is 1. The van der Waals surface area contributed by atoms with Crippen LogP contribution in [0.2, 0.25) is 5.02 Å². The molecule has 0 spiro atoms. The van der Waals surface area contributed by atoms with Gasteiger partial charge in [-0.1, -0.05) is 67.4 Å². The summed E-state index contributed by atoms with van der Waals surface area (Å²) in [5.74, 6) is -3.47. The number of hydrogen-bond donors (Lipinski definition) is 6. The standard InChI is InChI=1S/C74H93ClF3N11O13S3/c1-73(2)27-25-60(52-13-17-55(75)18-14-52)54(48-73)50-87-36-38-88(39-37-87)57-19-15-53(16-20-57)69(92)84-105(98,99)59-21-22-62(65(47-59)104(96,97)74(76,77)78)82-56(51-103-58-9-4-3-5-10-58)26-31-85-32-34-86(35-33-85)40-42-101-44-46-102-45-43-100-41-30-79-28-6-7-29-80-67(91)49-81-63-12-8-11-61-68(63)72(95)89(71(61)94)64-23-24-66(90)83-70(64)93/h3-5,8-22,47,56,64,79,81-82H,6-7,23-46,48-51H2,1-2H3,(H,80,91)(H,84,92)(H,83,90,93)/t56-,64?/m1/s1. The minimum atomic E-state index is -6.13. The molecule has 4 aliphatic heterocycles. The van der Waals surface area contributed by atoms with E-state index in [0.29, 0.717) is 121 Å². The summed E-state index contributed by atoms with van der Waals surface area (Å²) >= 11 is 7.66. The first kappa shape index (κ1) is 80.1. The average molecular weight is 1530 g/mol. The molecular weight excluding hydrogens is 1440 g/mol. The molecule has 568 valence electrons. The molecule has 0 bridgehead atoms. The van der Waals surface area contributed by atoms with Crippen LogP contribution in [0.5, 0.6) is 0 Å². The fourth-order valence-electron chi connectivity index (χ4n) is 13.4. The minimum absolute atomic E-state index is 0.0103. The van der Waals surface area contributed by atoms with Gasteiger partial charge >= 0.3 is 5.51 Å². The van der Waals surface area contributed by atoms with Gasteiger partial charge in [-0.2, -0.15) is 13.2 Å². The Kier molecular flexibility index (Phi) is 28.5. The van der Waals surface area contributed by atoms with E-state index in [1.807, 2.05) is 47.2 Å². The first-order chi connectivity index (χ1) is 50.3. The number of imide groups is 2. The summed E-state index contributed by atoms with van der Waals surface area (Å²) in [6.45, 7) is 16.8. The molecule has 5 aromatic carbocycles. The van der Waals surface area contributed by atoms with Crippen molar-refractivity contribution in [3.63, 3.8) is 0 Å². The van der Waals surface area contributed by atoms with E-state index in [9.17, 15) is 58.8 Å². The molecule has 5 aromatic rings. The van der Waals surface area contributed by atoms with E-state index in [4.69, 9.17) is 25.8 Å². The van der Waals surface area contributed by atoms with E-state index < -0.39 is 82.5 Å². The molecule has 6 N–H and O–H groups in total. The van der Waals surface area contributed by atoms with Crippen LogP contribution in [0.25, 0.3) is 5.57 Å². The Morgan fingerprint density at radius 1 is 0.714 bits per heavy atom. The van der Waals surface area contributed by atoms with Crippen LogP contribution >= 0.6 is 23.4 Å². The second-order valence-corrected chi connectivity index (χ2v) is 32.5. The van der Waals surface area contributed by atoms with Crippen LogP contribution in [0, 0.1) is 5.41 Å². The van der Waals surface area contributed by atoms with Gasteiger partial charge in [-0.15, -0.1) is 11.8 Å². The summed E-state index contributed by atoms with van der Waals surface area (Å²) < 4.78 is 117. The summed E-state index contributed by atoms with van der Waals surface area (Å²) in [4.78, 5) is 85.4. The van der Waals surface area contributed by atoms with Gasteiger partial charge in [0, 0.05) is 130 Å². The number of piperidine rings is 1. The number of alkyl halides is 3. The molecule has 0 radical (unpaired) electrons. The number of allylic oxidation sites excluding steroid dienone is 1. The van der Waals surface area contributed by atoms with Crippen LogP contribution < -0.4 is 36.2 Å². The highest BCUT2D eigenvalue weighted by Gasteiger charge is 2.49. The van der Waals surface area contributed by atoms with E-state index in [-0.39, 0.29) is 47.4 Å². The quantitative estimate of drug-likeness (QED) is 0.0124. The molecule has 1 aliphatic carbocycles.